The van der Waals surface area contributed by atoms with Gasteiger partial charge < -0.3 is 4.90 Å². The van der Waals surface area contributed by atoms with Gasteiger partial charge in [-0.05, 0) is 50.8 Å². The molecule has 18 heavy (non-hydrogen) atoms. The van der Waals surface area contributed by atoms with E-state index < -0.39 is 0 Å². The van der Waals surface area contributed by atoms with Gasteiger partial charge in [0.1, 0.15) is 0 Å². The maximum Gasteiger partial charge on any atom is 0.00951 e. The molecule has 0 saturated carbocycles. The molecule has 100 valence electrons. The van der Waals surface area contributed by atoms with Crippen molar-refractivity contribution in [1.82, 2.24) is 4.90 Å². The molecule has 1 aliphatic heterocycles. The van der Waals surface area contributed by atoms with Gasteiger partial charge in [0.2, 0.25) is 0 Å². The minimum Gasteiger partial charge on any atom is -0.301 e. The number of hydrogen-bond donors (Lipinski definition) is 0. The van der Waals surface area contributed by atoms with Gasteiger partial charge in [-0.1, -0.05) is 50.1 Å². The summed E-state index contributed by atoms with van der Waals surface area (Å²) >= 11 is 0. The molecular weight excluding hydrogens is 218 g/mol. The van der Waals surface area contributed by atoms with E-state index in [9.17, 15) is 0 Å². The molecule has 0 amide bonds. The van der Waals surface area contributed by atoms with Crippen molar-refractivity contribution in [2.75, 3.05) is 13.1 Å². The summed E-state index contributed by atoms with van der Waals surface area (Å²) in [5.74, 6) is 0. The fraction of sp³-hybridized carbons (Fsp3) is 0.647. The van der Waals surface area contributed by atoms with Gasteiger partial charge in [-0.2, -0.15) is 0 Å². The van der Waals surface area contributed by atoms with Gasteiger partial charge in [-0.15, -0.1) is 0 Å². The smallest absolute Gasteiger partial charge is 0.00951 e. The molecule has 0 aromatic heterocycles. The Morgan fingerprint density at radius 2 is 1.94 bits per heavy atom. The van der Waals surface area contributed by atoms with Gasteiger partial charge in [0, 0.05) is 6.04 Å². The lowest BCUT2D eigenvalue weighted by Gasteiger charge is -2.35. The van der Waals surface area contributed by atoms with E-state index in [0.29, 0.717) is 0 Å². The molecule has 1 saturated heterocycles. The van der Waals surface area contributed by atoms with Gasteiger partial charge >= 0.3 is 0 Å². The summed E-state index contributed by atoms with van der Waals surface area (Å²) in [6.07, 6.45) is 9.67. The van der Waals surface area contributed by atoms with E-state index in [1.54, 1.807) is 0 Å². The Hall–Kier alpha value is -0.820. The molecule has 1 heterocycles. The SMILES string of the molecule is CCN1CCCCC1CCCCc1ccccc1. The summed E-state index contributed by atoms with van der Waals surface area (Å²) in [4.78, 5) is 2.69. The van der Waals surface area contributed by atoms with E-state index in [0.717, 1.165) is 6.04 Å². The standard InChI is InChI=1S/C17H27N/c1-2-18-15-9-8-14-17(18)13-7-6-12-16-10-4-3-5-11-16/h3-5,10-11,17H,2,6-9,12-15H2,1H3. The van der Waals surface area contributed by atoms with Crippen LogP contribution in [-0.2, 0) is 6.42 Å². The van der Waals surface area contributed by atoms with Crippen molar-refractivity contribution >= 4 is 0 Å². The Morgan fingerprint density at radius 3 is 2.72 bits per heavy atom. The molecule has 1 aliphatic rings. The Balaban J connectivity index is 1.65. The Bertz CT molecular complexity index is 320. The highest BCUT2D eigenvalue weighted by molar-refractivity contribution is 5.14. The maximum absolute atomic E-state index is 2.69. The lowest BCUT2D eigenvalue weighted by atomic mass is 9.96. The van der Waals surface area contributed by atoms with Crippen LogP contribution in [0.3, 0.4) is 0 Å². The third-order valence-corrected chi connectivity index (χ3v) is 4.25. The molecule has 1 nitrogen and oxygen atoms in total. The lowest BCUT2D eigenvalue weighted by molar-refractivity contribution is 0.145. The van der Waals surface area contributed by atoms with Gasteiger partial charge in [-0.3, -0.25) is 0 Å². The predicted octanol–water partition coefficient (Wildman–Crippen LogP) is 4.27. The topological polar surface area (TPSA) is 3.24 Å². The summed E-state index contributed by atoms with van der Waals surface area (Å²) in [6.45, 7) is 4.88. The van der Waals surface area contributed by atoms with E-state index in [1.807, 2.05) is 0 Å². The van der Waals surface area contributed by atoms with Crippen molar-refractivity contribution in [1.29, 1.82) is 0 Å². The Kier molecular flexibility index (Phi) is 5.73. The summed E-state index contributed by atoms with van der Waals surface area (Å²) in [7, 11) is 0. The minimum absolute atomic E-state index is 0.875. The van der Waals surface area contributed by atoms with Crippen LogP contribution >= 0.6 is 0 Å². The van der Waals surface area contributed by atoms with E-state index in [-0.39, 0.29) is 0 Å². The highest BCUT2D eigenvalue weighted by Gasteiger charge is 2.19. The number of rotatable bonds is 6. The van der Waals surface area contributed by atoms with Crippen LogP contribution in [0.15, 0.2) is 30.3 Å². The first kappa shape index (κ1) is 13.6. The fourth-order valence-corrected chi connectivity index (χ4v) is 3.16. The van der Waals surface area contributed by atoms with Crippen LogP contribution in [0.2, 0.25) is 0 Å². The first-order valence-electron chi connectivity index (χ1n) is 7.68. The van der Waals surface area contributed by atoms with Crippen molar-refractivity contribution < 1.29 is 0 Å². The summed E-state index contributed by atoms with van der Waals surface area (Å²) < 4.78 is 0. The quantitative estimate of drug-likeness (QED) is 0.676. The Morgan fingerprint density at radius 1 is 1.11 bits per heavy atom. The zero-order valence-corrected chi connectivity index (χ0v) is 11.8. The van der Waals surface area contributed by atoms with Crippen molar-refractivity contribution in [2.45, 2.75) is 57.9 Å². The van der Waals surface area contributed by atoms with E-state index in [4.69, 9.17) is 0 Å². The lowest BCUT2D eigenvalue weighted by Crippen LogP contribution is -2.39. The second kappa shape index (κ2) is 7.58. The number of hydrogen-bond acceptors (Lipinski definition) is 1. The van der Waals surface area contributed by atoms with E-state index in [2.05, 4.69) is 42.2 Å². The zero-order valence-electron chi connectivity index (χ0n) is 11.8. The molecule has 1 unspecified atom stereocenters. The number of nitrogens with zero attached hydrogens (tertiary/aromatic N) is 1. The molecule has 1 aromatic carbocycles. The molecule has 1 heteroatoms. The van der Waals surface area contributed by atoms with Crippen molar-refractivity contribution in [3.05, 3.63) is 35.9 Å². The molecule has 0 aliphatic carbocycles. The van der Waals surface area contributed by atoms with Gasteiger partial charge in [0.05, 0.1) is 0 Å². The van der Waals surface area contributed by atoms with Crippen LogP contribution < -0.4 is 0 Å². The molecule has 0 radical (unpaired) electrons. The first-order chi connectivity index (χ1) is 8.90. The number of aryl methyl sites for hydroxylation is 1. The van der Waals surface area contributed by atoms with E-state index >= 15 is 0 Å². The molecular formula is C17H27N. The van der Waals surface area contributed by atoms with Crippen molar-refractivity contribution in [3.8, 4) is 0 Å². The predicted molar refractivity (Wildman–Crippen MR) is 78.9 cm³/mol. The van der Waals surface area contributed by atoms with Gasteiger partial charge in [0.15, 0.2) is 0 Å². The van der Waals surface area contributed by atoms with Crippen LogP contribution in [0, 0.1) is 0 Å². The van der Waals surface area contributed by atoms with E-state index in [1.165, 1.54) is 63.6 Å². The minimum atomic E-state index is 0.875. The third-order valence-electron chi connectivity index (χ3n) is 4.25. The fourth-order valence-electron chi connectivity index (χ4n) is 3.16. The van der Waals surface area contributed by atoms with Crippen molar-refractivity contribution in [3.63, 3.8) is 0 Å². The first-order valence-corrected chi connectivity index (χ1v) is 7.68. The third kappa shape index (κ3) is 4.13. The van der Waals surface area contributed by atoms with Gasteiger partial charge in [0.25, 0.3) is 0 Å². The van der Waals surface area contributed by atoms with Gasteiger partial charge in [-0.25, -0.2) is 0 Å². The number of likely N-dealkylation sites (tertiary alicyclic amines) is 1. The maximum atomic E-state index is 2.69. The summed E-state index contributed by atoms with van der Waals surface area (Å²) in [6, 6.07) is 11.8. The summed E-state index contributed by atoms with van der Waals surface area (Å²) in [5.41, 5.74) is 1.49. The van der Waals surface area contributed by atoms with Crippen molar-refractivity contribution in [2.24, 2.45) is 0 Å². The molecule has 0 bridgehead atoms. The van der Waals surface area contributed by atoms with Crippen LogP contribution in [0.25, 0.3) is 0 Å². The molecule has 2 rings (SSSR count). The molecule has 1 aromatic rings. The normalized spacial score (nSPS) is 21.1. The number of unbranched alkanes of at least 4 members (excludes halogenated alkanes) is 1. The van der Waals surface area contributed by atoms with Crippen LogP contribution in [0.1, 0.15) is 51.0 Å². The largest absolute Gasteiger partial charge is 0.301 e. The summed E-state index contributed by atoms with van der Waals surface area (Å²) in [5, 5.41) is 0. The average Bonchev–Trinajstić information content (AvgIpc) is 2.45. The number of piperidine rings is 1. The average molecular weight is 245 g/mol. The zero-order chi connectivity index (χ0) is 12.6. The molecule has 1 fully saturated rings. The second-order valence-corrected chi connectivity index (χ2v) is 5.51. The highest BCUT2D eigenvalue weighted by atomic mass is 15.2. The van der Waals surface area contributed by atoms with Crippen LogP contribution in [0.5, 0.6) is 0 Å². The molecule has 0 N–H and O–H groups in total. The van der Waals surface area contributed by atoms with Crippen LogP contribution in [0.4, 0.5) is 0 Å². The monoisotopic (exact) mass is 245 g/mol. The second-order valence-electron chi connectivity index (χ2n) is 5.51. The Labute approximate surface area is 112 Å². The molecule has 0 spiro atoms. The number of benzene rings is 1. The molecule has 1 atom stereocenters. The highest BCUT2D eigenvalue weighted by Crippen LogP contribution is 2.21. The van der Waals surface area contributed by atoms with Crippen LogP contribution in [-0.4, -0.2) is 24.0 Å².